The van der Waals surface area contributed by atoms with Gasteiger partial charge < -0.3 is 10.5 Å². The van der Waals surface area contributed by atoms with Gasteiger partial charge in [-0.3, -0.25) is 0 Å². The monoisotopic (exact) mass is 157 g/mol. The van der Waals surface area contributed by atoms with Crippen LogP contribution in [0.15, 0.2) is 12.2 Å². The predicted octanol–water partition coefficient (Wildman–Crippen LogP) is 0.699. The number of carbonyl (C=O) groups is 1. The van der Waals surface area contributed by atoms with Crippen LogP contribution in [0.2, 0.25) is 0 Å². The summed E-state index contributed by atoms with van der Waals surface area (Å²) in [7, 11) is 1.34. The molecule has 0 amide bonds. The zero-order valence-electron chi connectivity index (χ0n) is 7.20. The van der Waals surface area contributed by atoms with Gasteiger partial charge in [0, 0.05) is 12.1 Å². The molecule has 3 nitrogen and oxygen atoms in total. The Bertz CT molecular complexity index is 152. The maximum absolute atomic E-state index is 10.6. The first-order chi connectivity index (χ1) is 5.07. The molecule has 0 spiro atoms. The van der Waals surface area contributed by atoms with E-state index in [0.29, 0.717) is 5.92 Å². The van der Waals surface area contributed by atoms with Gasteiger partial charge in [-0.05, 0) is 5.92 Å². The van der Waals surface area contributed by atoms with Gasteiger partial charge in [-0.25, -0.2) is 4.79 Å². The number of ether oxygens (including phenoxy) is 1. The lowest BCUT2D eigenvalue weighted by molar-refractivity contribution is -0.134. The highest BCUT2D eigenvalue weighted by atomic mass is 16.5. The molecule has 0 rings (SSSR count). The van der Waals surface area contributed by atoms with Crippen LogP contribution in [0.25, 0.3) is 0 Å². The van der Waals surface area contributed by atoms with E-state index in [9.17, 15) is 4.79 Å². The molecule has 0 saturated carbocycles. The second kappa shape index (κ2) is 4.91. The molecule has 2 N–H and O–H groups in total. The number of nitrogens with two attached hydrogens (primary N) is 1. The number of esters is 1. The quantitative estimate of drug-likeness (QED) is 0.484. The predicted molar refractivity (Wildman–Crippen MR) is 44.0 cm³/mol. The van der Waals surface area contributed by atoms with Gasteiger partial charge >= 0.3 is 5.97 Å². The molecule has 0 radical (unpaired) electrons. The lowest BCUT2D eigenvalue weighted by Crippen LogP contribution is -2.23. The Labute approximate surface area is 67.2 Å². The van der Waals surface area contributed by atoms with Gasteiger partial charge in [-0.2, -0.15) is 0 Å². The number of methoxy groups -OCH3 is 1. The number of rotatable bonds is 3. The van der Waals surface area contributed by atoms with E-state index in [1.54, 1.807) is 6.08 Å². The molecule has 0 aromatic rings. The summed E-state index contributed by atoms with van der Waals surface area (Å²) in [6.07, 6.45) is 3.00. The second-order valence-corrected chi connectivity index (χ2v) is 2.70. The minimum Gasteiger partial charge on any atom is -0.466 e. The SMILES string of the molecule is COC(=O)/C=C/C(N)C(C)C. The average molecular weight is 157 g/mol. The van der Waals surface area contributed by atoms with Crippen LogP contribution in [0.3, 0.4) is 0 Å². The molecule has 0 aliphatic carbocycles. The molecule has 11 heavy (non-hydrogen) atoms. The fourth-order valence-corrected chi connectivity index (χ4v) is 0.480. The van der Waals surface area contributed by atoms with Crippen LogP contribution >= 0.6 is 0 Å². The van der Waals surface area contributed by atoms with Gasteiger partial charge in [-0.1, -0.05) is 19.9 Å². The van der Waals surface area contributed by atoms with Crippen LogP contribution < -0.4 is 5.73 Å². The minimum absolute atomic E-state index is 0.0749. The summed E-state index contributed by atoms with van der Waals surface area (Å²) in [5.74, 6) is -0.0167. The van der Waals surface area contributed by atoms with Crippen molar-refractivity contribution in [1.82, 2.24) is 0 Å². The molecular formula is C8H15NO2. The van der Waals surface area contributed by atoms with Crippen molar-refractivity contribution in [2.45, 2.75) is 19.9 Å². The zero-order chi connectivity index (χ0) is 8.85. The number of carbonyl (C=O) groups excluding carboxylic acids is 1. The van der Waals surface area contributed by atoms with Crippen LogP contribution in [0, 0.1) is 5.92 Å². The van der Waals surface area contributed by atoms with Crippen molar-refractivity contribution >= 4 is 5.97 Å². The minimum atomic E-state index is -0.360. The van der Waals surface area contributed by atoms with Crippen molar-refractivity contribution in [3.05, 3.63) is 12.2 Å². The molecule has 0 fully saturated rings. The summed E-state index contributed by atoms with van der Waals surface area (Å²) in [6.45, 7) is 3.98. The second-order valence-electron chi connectivity index (χ2n) is 2.70. The van der Waals surface area contributed by atoms with Crippen molar-refractivity contribution in [3.8, 4) is 0 Å². The zero-order valence-corrected chi connectivity index (χ0v) is 7.20. The number of hydrogen-bond donors (Lipinski definition) is 1. The van der Waals surface area contributed by atoms with Crippen LogP contribution in [0.1, 0.15) is 13.8 Å². The van der Waals surface area contributed by atoms with E-state index in [0.717, 1.165) is 0 Å². The van der Waals surface area contributed by atoms with Crippen LogP contribution in [0.4, 0.5) is 0 Å². The molecule has 0 aromatic carbocycles. The Hall–Kier alpha value is -0.830. The van der Waals surface area contributed by atoms with Gasteiger partial charge in [-0.15, -0.1) is 0 Å². The van der Waals surface area contributed by atoms with Gasteiger partial charge in [0.2, 0.25) is 0 Å². The fourth-order valence-electron chi connectivity index (χ4n) is 0.480. The largest absolute Gasteiger partial charge is 0.466 e. The van der Waals surface area contributed by atoms with Crippen molar-refractivity contribution in [2.75, 3.05) is 7.11 Å². The Morgan fingerprint density at radius 3 is 2.45 bits per heavy atom. The van der Waals surface area contributed by atoms with E-state index in [-0.39, 0.29) is 12.0 Å². The molecule has 0 bridgehead atoms. The van der Waals surface area contributed by atoms with Gasteiger partial charge in [0.05, 0.1) is 7.11 Å². The first-order valence-corrected chi connectivity index (χ1v) is 3.59. The highest BCUT2D eigenvalue weighted by Gasteiger charge is 2.02. The van der Waals surface area contributed by atoms with Crippen molar-refractivity contribution in [2.24, 2.45) is 11.7 Å². The first kappa shape index (κ1) is 10.2. The lowest BCUT2D eigenvalue weighted by atomic mass is 10.1. The molecule has 0 aliphatic rings. The summed E-state index contributed by atoms with van der Waals surface area (Å²) in [5, 5.41) is 0. The highest BCUT2D eigenvalue weighted by Crippen LogP contribution is 1.98. The molecular weight excluding hydrogens is 142 g/mol. The third-order valence-electron chi connectivity index (χ3n) is 1.43. The van der Waals surface area contributed by atoms with Gasteiger partial charge in [0.1, 0.15) is 0 Å². The molecule has 1 unspecified atom stereocenters. The molecule has 3 heteroatoms. The first-order valence-electron chi connectivity index (χ1n) is 3.59. The topological polar surface area (TPSA) is 52.3 Å². The highest BCUT2D eigenvalue weighted by molar-refractivity contribution is 5.81. The maximum Gasteiger partial charge on any atom is 0.330 e. The Kier molecular flexibility index (Phi) is 4.54. The van der Waals surface area contributed by atoms with E-state index >= 15 is 0 Å². The van der Waals surface area contributed by atoms with E-state index in [1.165, 1.54) is 13.2 Å². The van der Waals surface area contributed by atoms with Crippen LogP contribution in [-0.2, 0) is 9.53 Å². The van der Waals surface area contributed by atoms with Crippen molar-refractivity contribution < 1.29 is 9.53 Å². The molecule has 0 aromatic heterocycles. The normalized spacial score (nSPS) is 13.9. The summed E-state index contributed by atoms with van der Waals surface area (Å²) in [5.41, 5.74) is 5.62. The van der Waals surface area contributed by atoms with Crippen molar-refractivity contribution in [3.63, 3.8) is 0 Å². The lowest BCUT2D eigenvalue weighted by Gasteiger charge is -2.08. The summed E-state index contributed by atoms with van der Waals surface area (Å²) < 4.78 is 4.40. The van der Waals surface area contributed by atoms with Crippen molar-refractivity contribution in [1.29, 1.82) is 0 Å². The molecule has 1 atom stereocenters. The third-order valence-corrected chi connectivity index (χ3v) is 1.43. The Morgan fingerprint density at radius 2 is 2.09 bits per heavy atom. The van der Waals surface area contributed by atoms with E-state index in [2.05, 4.69) is 4.74 Å². The van der Waals surface area contributed by atoms with E-state index < -0.39 is 0 Å². The van der Waals surface area contributed by atoms with E-state index in [1.807, 2.05) is 13.8 Å². The smallest absolute Gasteiger partial charge is 0.330 e. The molecule has 0 aliphatic heterocycles. The molecule has 0 heterocycles. The molecule has 0 saturated heterocycles. The third kappa shape index (κ3) is 4.56. The summed E-state index contributed by atoms with van der Waals surface area (Å²) in [4.78, 5) is 10.6. The standard InChI is InChI=1S/C8H15NO2/c1-6(2)7(9)4-5-8(10)11-3/h4-7H,9H2,1-3H3/b5-4+. The van der Waals surface area contributed by atoms with Gasteiger partial charge in [0.15, 0.2) is 0 Å². The van der Waals surface area contributed by atoms with Crippen LogP contribution in [-0.4, -0.2) is 19.1 Å². The Morgan fingerprint density at radius 1 is 1.55 bits per heavy atom. The van der Waals surface area contributed by atoms with Crippen LogP contribution in [0.5, 0.6) is 0 Å². The summed E-state index contributed by atoms with van der Waals surface area (Å²) >= 11 is 0. The van der Waals surface area contributed by atoms with Gasteiger partial charge in [0.25, 0.3) is 0 Å². The average Bonchev–Trinajstić information content (AvgIpc) is 1.99. The summed E-state index contributed by atoms with van der Waals surface area (Å²) in [6, 6.07) is -0.0749. The molecule has 64 valence electrons. The fraction of sp³-hybridized carbons (Fsp3) is 0.625. The number of hydrogen-bond acceptors (Lipinski definition) is 3. The van der Waals surface area contributed by atoms with E-state index in [4.69, 9.17) is 5.73 Å². The Balaban J connectivity index is 3.82. The maximum atomic E-state index is 10.6.